The number of carbonyl (C=O) groups is 2. The molecule has 20 heavy (non-hydrogen) atoms. The summed E-state index contributed by atoms with van der Waals surface area (Å²) in [5, 5.41) is 15.3. The predicted octanol–water partition coefficient (Wildman–Crippen LogP) is 2.07. The van der Waals surface area contributed by atoms with Crippen LogP contribution in [0.2, 0.25) is 0 Å². The van der Waals surface area contributed by atoms with Crippen molar-refractivity contribution in [2.24, 2.45) is 0 Å². The van der Waals surface area contributed by atoms with E-state index < -0.39 is 17.5 Å². The van der Waals surface area contributed by atoms with Gasteiger partial charge in [-0.3, -0.25) is 0 Å². The topological polar surface area (TPSA) is 91.3 Å². The number of nitrogens with zero attached hydrogens (tertiary/aromatic N) is 1. The molecule has 1 unspecified atom stereocenters. The van der Waals surface area contributed by atoms with E-state index in [1.165, 1.54) is 0 Å². The van der Waals surface area contributed by atoms with Gasteiger partial charge in [0.25, 0.3) is 0 Å². The van der Waals surface area contributed by atoms with Crippen LogP contribution in [-0.2, 0) is 11.2 Å². The third kappa shape index (κ3) is 2.92. The highest BCUT2D eigenvalue weighted by Gasteiger charge is 2.45. The summed E-state index contributed by atoms with van der Waals surface area (Å²) in [6.45, 7) is 3.89. The first kappa shape index (κ1) is 14.8. The molecule has 0 aromatic carbocycles. The zero-order valence-corrected chi connectivity index (χ0v) is 12.4. The predicted molar refractivity (Wildman–Crippen MR) is 75.8 cm³/mol. The first-order valence-electron chi connectivity index (χ1n) is 6.73. The lowest BCUT2D eigenvalue weighted by Crippen LogP contribution is -2.61. The van der Waals surface area contributed by atoms with Gasteiger partial charge >= 0.3 is 12.0 Å². The normalized spacial score (nSPS) is 17.9. The quantitative estimate of drug-likeness (QED) is 0.776. The molecule has 0 bridgehead atoms. The Labute approximate surface area is 121 Å². The largest absolute Gasteiger partial charge is 0.480 e. The molecule has 6 nitrogen and oxygen atoms in total. The molecular weight excluding hydrogens is 278 g/mol. The van der Waals surface area contributed by atoms with Crippen LogP contribution in [0.4, 0.5) is 4.79 Å². The van der Waals surface area contributed by atoms with Crippen LogP contribution in [-0.4, -0.2) is 27.6 Å². The van der Waals surface area contributed by atoms with Crippen molar-refractivity contribution >= 4 is 23.3 Å². The number of urea groups is 1. The lowest BCUT2D eigenvalue weighted by molar-refractivity contribution is -0.148. The average Bonchev–Trinajstić information content (AvgIpc) is 2.82. The minimum atomic E-state index is -1.08. The Balaban J connectivity index is 1.92. The number of aromatic nitrogens is 1. The number of carbonyl (C=O) groups excluding carboxylic acids is 1. The fourth-order valence-electron chi connectivity index (χ4n) is 2.12. The van der Waals surface area contributed by atoms with Crippen molar-refractivity contribution in [1.29, 1.82) is 0 Å². The Morgan fingerprint density at radius 3 is 2.70 bits per heavy atom. The number of thiazole rings is 1. The summed E-state index contributed by atoms with van der Waals surface area (Å²) in [5.41, 5.74) is -1.08. The fraction of sp³-hybridized carbons (Fsp3) is 0.615. The number of rotatable bonds is 5. The average molecular weight is 297 g/mol. The standard InChI is InChI=1S/C13H19N3O3S/c1-3-9-7-14-10(20-9)8(2)15-12(19)16-13(11(17)18)5-4-6-13/h7-8H,3-6H2,1-2H3,(H,17,18)(H2,15,16,19). The number of nitrogens with one attached hydrogen (secondary N) is 2. The molecule has 0 aliphatic heterocycles. The van der Waals surface area contributed by atoms with E-state index in [1.54, 1.807) is 17.5 Å². The van der Waals surface area contributed by atoms with E-state index >= 15 is 0 Å². The molecule has 1 aromatic rings. The molecule has 1 aliphatic carbocycles. The molecule has 2 amide bonds. The SMILES string of the molecule is CCc1cnc(C(C)NC(=O)NC2(C(=O)O)CCC2)s1. The Morgan fingerprint density at radius 2 is 2.25 bits per heavy atom. The number of carboxylic acids is 1. The number of carboxylic acid groups (broad SMARTS) is 1. The zero-order chi connectivity index (χ0) is 14.8. The van der Waals surface area contributed by atoms with Gasteiger partial charge in [-0.1, -0.05) is 6.92 Å². The summed E-state index contributed by atoms with van der Waals surface area (Å²) in [7, 11) is 0. The van der Waals surface area contributed by atoms with Gasteiger partial charge < -0.3 is 15.7 Å². The molecule has 0 spiro atoms. The van der Waals surface area contributed by atoms with Crippen LogP contribution in [0.1, 0.15) is 49.0 Å². The molecule has 1 aromatic heterocycles. The number of aryl methyl sites for hydroxylation is 1. The van der Waals surface area contributed by atoms with Crippen molar-refractivity contribution in [3.05, 3.63) is 16.1 Å². The second-order valence-corrected chi connectivity index (χ2v) is 6.23. The number of hydrogen-bond donors (Lipinski definition) is 3. The molecule has 1 aliphatic rings. The lowest BCUT2D eigenvalue weighted by Gasteiger charge is -2.38. The maximum absolute atomic E-state index is 11.9. The molecule has 1 saturated carbocycles. The third-order valence-electron chi connectivity index (χ3n) is 3.61. The van der Waals surface area contributed by atoms with Crippen molar-refractivity contribution in [2.45, 2.75) is 51.1 Å². The molecule has 1 fully saturated rings. The van der Waals surface area contributed by atoms with Crippen LogP contribution in [0.15, 0.2) is 6.20 Å². The first-order chi connectivity index (χ1) is 9.47. The van der Waals surface area contributed by atoms with Gasteiger partial charge in [0, 0.05) is 11.1 Å². The van der Waals surface area contributed by atoms with E-state index in [1.807, 2.05) is 6.92 Å². The molecule has 0 radical (unpaired) electrons. The summed E-state index contributed by atoms with van der Waals surface area (Å²) in [5.74, 6) is -0.964. The van der Waals surface area contributed by atoms with Gasteiger partial charge in [-0.2, -0.15) is 0 Å². The van der Waals surface area contributed by atoms with Crippen LogP contribution >= 0.6 is 11.3 Å². The Kier molecular flexibility index (Phi) is 4.27. The minimum absolute atomic E-state index is 0.230. The summed E-state index contributed by atoms with van der Waals surface area (Å²) in [4.78, 5) is 28.5. The van der Waals surface area contributed by atoms with Crippen molar-refractivity contribution < 1.29 is 14.7 Å². The highest BCUT2D eigenvalue weighted by Crippen LogP contribution is 2.32. The maximum atomic E-state index is 11.9. The van der Waals surface area contributed by atoms with E-state index in [0.29, 0.717) is 12.8 Å². The van der Waals surface area contributed by atoms with Crippen LogP contribution in [0.5, 0.6) is 0 Å². The highest BCUT2D eigenvalue weighted by atomic mass is 32.1. The third-order valence-corrected chi connectivity index (χ3v) is 4.93. The van der Waals surface area contributed by atoms with Crippen LogP contribution in [0, 0.1) is 0 Å². The zero-order valence-electron chi connectivity index (χ0n) is 11.6. The Hall–Kier alpha value is -1.63. The first-order valence-corrected chi connectivity index (χ1v) is 7.55. The van der Waals surface area contributed by atoms with Gasteiger partial charge in [0.15, 0.2) is 0 Å². The minimum Gasteiger partial charge on any atom is -0.480 e. The molecule has 110 valence electrons. The van der Waals surface area contributed by atoms with E-state index in [4.69, 9.17) is 5.11 Å². The Morgan fingerprint density at radius 1 is 1.55 bits per heavy atom. The van der Waals surface area contributed by atoms with Gasteiger partial charge in [-0.25, -0.2) is 14.6 Å². The molecule has 2 rings (SSSR count). The summed E-state index contributed by atoms with van der Waals surface area (Å²) >= 11 is 1.56. The van der Waals surface area contributed by atoms with E-state index in [2.05, 4.69) is 22.5 Å². The maximum Gasteiger partial charge on any atom is 0.329 e. The molecular formula is C13H19N3O3S. The van der Waals surface area contributed by atoms with Crippen LogP contribution in [0.3, 0.4) is 0 Å². The fourth-order valence-corrected chi connectivity index (χ4v) is 2.98. The van der Waals surface area contributed by atoms with Crippen molar-refractivity contribution in [3.8, 4) is 0 Å². The van der Waals surface area contributed by atoms with Gasteiger partial charge in [-0.15, -0.1) is 11.3 Å². The van der Waals surface area contributed by atoms with E-state index in [9.17, 15) is 9.59 Å². The van der Waals surface area contributed by atoms with E-state index in [0.717, 1.165) is 22.7 Å². The molecule has 3 N–H and O–H groups in total. The van der Waals surface area contributed by atoms with Crippen molar-refractivity contribution in [1.82, 2.24) is 15.6 Å². The molecule has 1 heterocycles. The molecule has 0 saturated heterocycles. The van der Waals surface area contributed by atoms with Crippen molar-refractivity contribution in [2.75, 3.05) is 0 Å². The van der Waals surface area contributed by atoms with Crippen LogP contribution < -0.4 is 10.6 Å². The summed E-state index contributed by atoms with van der Waals surface area (Å²) in [6.07, 6.45) is 4.52. The van der Waals surface area contributed by atoms with Gasteiger partial charge in [0.1, 0.15) is 10.5 Å². The summed E-state index contributed by atoms with van der Waals surface area (Å²) in [6, 6.07) is -0.681. The second kappa shape index (κ2) is 5.78. The highest BCUT2D eigenvalue weighted by molar-refractivity contribution is 7.11. The van der Waals surface area contributed by atoms with Crippen LogP contribution in [0.25, 0.3) is 0 Å². The second-order valence-electron chi connectivity index (χ2n) is 5.08. The number of hydrogen-bond acceptors (Lipinski definition) is 4. The number of aliphatic carboxylic acids is 1. The van der Waals surface area contributed by atoms with Gasteiger partial charge in [-0.05, 0) is 32.6 Å². The monoisotopic (exact) mass is 297 g/mol. The lowest BCUT2D eigenvalue weighted by atomic mass is 9.77. The molecule has 7 heteroatoms. The van der Waals surface area contributed by atoms with E-state index in [-0.39, 0.29) is 6.04 Å². The number of amides is 2. The molecule has 1 atom stereocenters. The van der Waals surface area contributed by atoms with Gasteiger partial charge in [0.05, 0.1) is 6.04 Å². The summed E-state index contributed by atoms with van der Waals surface area (Å²) < 4.78 is 0. The Bertz CT molecular complexity index is 511. The van der Waals surface area contributed by atoms with Crippen molar-refractivity contribution in [3.63, 3.8) is 0 Å². The smallest absolute Gasteiger partial charge is 0.329 e. The van der Waals surface area contributed by atoms with Gasteiger partial charge in [0.2, 0.25) is 0 Å².